The summed E-state index contributed by atoms with van der Waals surface area (Å²) in [6.45, 7) is 1.05. The molecular weight excluding hydrogens is 265 g/mol. The summed E-state index contributed by atoms with van der Waals surface area (Å²) in [7, 11) is 0. The molecule has 1 heterocycles. The minimum Gasteiger partial charge on any atom is -0.456 e. The maximum atomic E-state index is 11.8. The van der Waals surface area contributed by atoms with Crippen LogP contribution in [0.4, 0.5) is 5.69 Å². The summed E-state index contributed by atoms with van der Waals surface area (Å²) in [5, 5.41) is 0.480. The predicted octanol–water partition coefficient (Wildman–Crippen LogP) is 2.52. The van der Waals surface area contributed by atoms with Gasteiger partial charge in [-0.2, -0.15) is 0 Å². The van der Waals surface area contributed by atoms with Crippen molar-refractivity contribution in [1.82, 2.24) is 0 Å². The molecule has 1 atom stereocenters. The first-order valence-electron chi connectivity index (χ1n) is 5.11. The summed E-state index contributed by atoms with van der Waals surface area (Å²) in [6, 6.07) is 2.89. The van der Waals surface area contributed by atoms with Gasteiger partial charge in [-0.3, -0.25) is 0 Å². The Kier molecular flexibility index (Phi) is 3.76. The summed E-state index contributed by atoms with van der Waals surface area (Å²) in [5.41, 5.74) is 6.17. The SMILES string of the molecule is Nc1cc(C(=O)OC2CCOC2)cc(Cl)c1Cl. The van der Waals surface area contributed by atoms with Crippen LogP contribution in [-0.4, -0.2) is 25.3 Å². The standard InChI is InChI=1S/C11H11Cl2NO3/c12-8-3-6(4-9(14)10(8)13)11(15)17-7-1-2-16-5-7/h3-4,7H,1-2,5,14H2. The van der Waals surface area contributed by atoms with Crippen molar-refractivity contribution < 1.29 is 14.3 Å². The molecule has 1 saturated heterocycles. The molecule has 1 fully saturated rings. The third-order valence-electron chi connectivity index (χ3n) is 2.45. The third kappa shape index (κ3) is 2.83. The molecule has 1 unspecified atom stereocenters. The lowest BCUT2D eigenvalue weighted by atomic mass is 10.2. The number of hydrogen-bond acceptors (Lipinski definition) is 4. The predicted molar refractivity (Wildman–Crippen MR) is 65.5 cm³/mol. The van der Waals surface area contributed by atoms with Crippen molar-refractivity contribution in [2.24, 2.45) is 0 Å². The molecule has 2 rings (SSSR count). The molecule has 6 heteroatoms. The van der Waals surface area contributed by atoms with Crippen molar-refractivity contribution in [2.75, 3.05) is 18.9 Å². The lowest BCUT2D eigenvalue weighted by Gasteiger charge is -2.11. The largest absolute Gasteiger partial charge is 0.456 e. The van der Waals surface area contributed by atoms with E-state index >= 15 is 0 Å². The second kappa shape index (κ2) is 5.12. The van der Waals surface area contributed by atoms with E-state index < -0.39 is 5.97 Å². The molecule has 0 aliphatic carbocycles. The van der Waals surface area contributed by atoms with E-state index in [0.29, 0.717) is 25.2 Å². The smallest absolute Gasteiger partial charge is 0.338 e. The molecule has 1 aromatic carbocycles. The lowest BCUT2D eigenvalue weighted by Crippen LogP contribution is -2.18. The van der Waals surface area contributed by atoms with Gasteiger partial charge < -0.3 is 15.2 Å². The number of hydrogen-bond donors (Lipinski definition) is 1. The lowest BCUT2D eigenvalue weighted by molar-refractivity contribution is 0.0271. The summed E-state index contributed by atoms with van der Waals surface area (Å²) in [6.07, 6.45) is 0.515. The Morgan fingerprint density at radius 2 is 2.24 bits per heavy atom. The maximum absolute atomic E-state index is 11.8. The minimum absolute atomic E-state index is 0.196. The molecular formula is C11H11Cl2NO3. The van der Waals surface area contributed by atoms with Crippen molar-refractivity contribution in [3.8, 4) is 0 Å². The van der Waals surface area contributed by atoms with E-state index in [9.17, 15) is 4.79 Å². The van der Waals surface area contributed by atoms with Crippen LogP contribution in [-0.2, 0) is 9.47 Å². The molecule has 0 spiro atoms. The molecule has 4 nitrogen and oxygen atoms in total. The summed E-state index contributed by atoms with van der Waals surface area (Å²) in [5.74, 6) is -0.467. The van der Waals surface area contributed by atoms with Crippen LogP contribution >= 0.6 is 23.2 Å². The topological polar surface area (TPSA) is 61.6 Å². The van der Waals surface area contributed by atoms with Crippen molar-refractivity contribution in [1.29, 1.82) is 0 Å². The Balaban J connectivity index is 2.13. The van der Waals surface area contributed by atoms with Gasteiger partial charge in [0.25, 0.3) is 0 Å². The van der Waals surface area contributed by atoms with E-state index in [2.05, 4.69) is 0 Å². The molecule has 0 aromatic heterocycles. The van der Waals surface area contributed by atoms with E-state index in [0.717, 1.165) is 0 Å². The molecule has 1 aliphatic heterocycles. The highest BCUT2D eigenvalue weighted by Crippen LogP contribution is 2.29. The summed E-state index contributed by atoms with van der Waals surface area (Å²) in [4.78, 5) is 11.8. The fourth-order valence-electron chi connectivity index (χ4n) is 1.55. The second-order valence-electron chi connectivity index (χ2n) is 3.75. The highest BCUT2D eigenvalue weighted by Gasteiger charge is 2.21. The van der Waals surface area contributed by atoms with E-state index in [1.54, 1.807) is 0 Å². The Bertz CT molecular complexity index is 421. The number of rotatable bonds is 2. The number of carbonyl (C=O) groups excluding carboxylic acids is 1. The molecule has 17 heavy (non-hydrogen) atoms. The number of nitrogens with two attached hydrogens (primary N) is 1. The van der Waals surface area contributed by atoms with Crippen molar-refractivity contribution in [2.45, 2.75) is 12.5 Å². The fraction of sp³-hybridized carbons (Fsp3) is 0.364. The molecule has 0 saturated carbocycles. The molecule has 1 aliphatic rings. The van der Waals surface area contributed by atoms with Crippen molar-refractivity contribution in [3.63, 3.8) is 0 Å². The van der Waals surface area contributed by atoms with Gasteiger partial charge in [0.15, 0.2) is 0 Å². The van der Waals surface area contributed by atoms with Crippen molar-refractivity contribution in [3.05, 3.63) is 27.7 Å². The Morgan fingerprint density at radius 3 is 2.82 bits per heavy atom. The zero-order valence-corrected chi connectivity index (χ0v) is 10.4. The zero-order valence-electron chi connectivity index (χ0n) is 8.91. The van der Waals surface area contributed by atoms with Crippen LogP contribution in [0.15, 0.2) is 12.1 Å². The zero-order chi connectivity index (χ0) is 12.4. The van der Waals surface area contributed by atoms with E-state index in [-0.39, 0.29) is 21.8 Å². The number of carbonyl (C=O) groups is 1. The minimum atomic E-state index is -0.467. The van der Waals surface area contributed by atoms with Crippen LogP contribution in [0.25, 0.3) is 0 Å². The normalized spacial score (nSPS) is 19.3. The number of benzene rings is 1. The number of halogens is 2. The first-order chi connectivity index (χ1) is 8.08. The van der Waals surface area contributed by atoms with Crippen LogP contribution in [0.2, 0.25) is 10.0 Å². The van der Waals surface area contributed by atoms with Gasteiger partial charge in [0.2, 0.25) is 0 Å². The van der Waals surface area contributed by atoms with Crippen LogP contribution < -0.4 is 5.73 Å². The highest BCUT2D eigenvalue weighted by atomic mass is 35.5. The third-order valence-corrected chi connectivity index (χ3v) is 3.27. The number of nitrogen functional groups attached to an aromatic ring is 1. The van der Waals surface area contributed by atoms with Crippen LogP contribution in [0.1, 0.15) is 16.8 Å². The van der Waals surface area contributed by atoms with Gasteiger partial charge in [-0.15, -0.1) is 0 Å². The number of anilines is 1. The van der Waals surface area contributed by atoms with Gasteiger partial charge in [-0.25, -0.2) is 4.79 Å². The van der Waals surface area contributed by atoms with Crippen LogP contribution in [0.5, 0.6) is 0 Å². The molecule has 0 radical (unpaired) electrons. The fourth-order valence-corrected chi connectivity index (χ4v) is 1.89. The number of ether oxygens (including phenoxy) is 2. The second-order valence-corrected chi connectivity index (χ2v) is 4.54. The summed E-state index contributed by atoms with van der Waals surface area (Å²) >= 11 is 11.6. The molecule has 1 aromatic rings. The van der Waals surface area contributed by atoms with Gasteiger partial charge in [-0.05, 0) is 12.1 Å². The monoisotopic (exact) mass is 275 g/mol. The summed E-state index contributed by atoms with van der Waals surface area (Å²) < 4.78 is 10.3. The first kappa shape index (κ1) is 12.5. The van der Waals surface area contributed by atoms with Crippen LogP contribution in [0.3, 0.4) is 0 Å². The average molecular weight is 276 g/mol. The van der Waals surface area contributed by atoms with E-state index in [4.69, 9.17) is 38.4 Å². The number of esters is 1. The highest BCUT2D eigenvalue weighted by molar-refractivity contribution is 6.43. The maximum Gasteiger partial charge on any atom is 0.338 e. The van der Waals surface area contributed by atoms with Gasteiger partial charge >= 0.3 is 5.97 Å². The van der Waals surface area contributed by atoms with Gasteiger partial charge in [0, 0.05) is 6.42 Å². The van der Waals surface area contributed by atoms with Gasteiger partial charge in [-0.1, -0.05) is 23.2 Å². The first-order valence-corrected chi connectivity index (χ1v) is 5.87. The molecule has 2 N–H and O–H groups in total. The average Bonchev–Trinajstić information content (AvgIpc) is 2.77. The molecule has 0 amide bonds. The Hall–Kier alpha value is -0.970. The quantitative estimate of drug-likeness (QED) is 0.666. The van der Waals surface area contributed by atoms with Gasteiger partial charge in [0.1, 0.15) is 6.10 Å². The van der Waals surface area contributed by atoms with Crippen LogP contribution in [0, 0.1) is 0 Å². The van der Waals surface area contributed by atoms with E-state index in [1.807, 2.05) is 0 Å². The Morgan fingerprint density at radius 1 is 1.47 bits per heavy atom. The van der Waals surface area contributed by atoms with E-state index in [1.165, 1.54) is 12.1 Å². The van der Waals surface area contributed by atoms with Gasteiger partial charge in [0.05, 0.1) is 34.5 Å². The Labute approximate surface area is 109 Å². The van der Waals surface area contributed by atoms with Crippen molar-refractivity contribution >= 4 is 34.9 Å². The molecule has 92 valence electrons. The molecule has 0 bridgehead atoms.